The van der Waals surface area contributed by atoms with Gasteiger partial charge in [0.15, 0.2) is 5.13 Å². The van der Waals surface area contributed by atoms with E-state index in [1.165, 1.54) is 12.0 Å². The molecule has 1 aliphatic rings. The van der Waals surface area contributed by atoms with E-state index < -0.39 is 23.7 Å². The molecule has 1 aliphatic heterocycles. The van der Waals surface area contributed by atoms with Crippen molar-refractivity contribution >= 4 is 39.9 Å². The van der Waals surface area contributed by atoms with Crippen molar-refractivity contribution in [1.29, 1.82) is 0 Å². The lowest BCUT2D eigenvalue weighted by Gasteiger charge is -2.23. The van der Waals surface area contributed by atoms with Crippen LogP contribution in [0.25, 0.3) is 5.76 Å². The molecule has 0 aliphatic carbocycles. The maximum atomic E-state index is 13.4. The number of aryl methyl sites for hydroxylation is 2. The van der Waals surface area contributed by atoms with E-state index in [1.54, 1.807) is 43.3 Å². The van der Waals surface area contributed by atoms with Gasteiger partial charge in [-0.25, -0.2) is 9.78 Å². The number of carbonyl (C=O) groups is 3. The lowest BCUT2D eigenvalue weighted by Crippen LogP contribution is -2.29. The zero-order valence-electron chi connectivity index (χ0n) is 22.1. The highest BCUT2D eigenvalue weighted by molar-refractivity contribution is 7.17. The number of aliphatic hydroxyl groups excluding tert-OH is 1. The summed E-state index contributed by atoms with van der Waals surface area (Å²) in [6, 6.07) is 22.8. The summed E-state index contributed by atoms with van der Waals surface area (Å²) in [7, 11) is 1.26. The SMILES string of the molecule is COC(=O)c1sc(N2C(=O)C(=O)/C(=C(/O)c3ccc(OCc4ccccc4)cc3)C2c2ccc(C)cc2)nc1C. The Balaban J connectivity index is 1.54. The zero-order valence-corrected chi connectivity index (χ0v) is 22.9. The number of thiazole rings is 1. The first kappa shape index (κ1) is 26.8. The van der Waals surface area contributed by atoms with Crippen molar-refractivity contribution in [3.63, 3.8) is 0 Å². The van der Waals surface area contributed by atoms with Crippen LogP contribution >= 0.6 is 11.3 Å². The first-order valence-corrected chi connectivity index (χ1v) is 13.3. The van der Waals surface area contributed by atoms with Crippen LogP contribution in [-0.2, 0) is 20.9 Å². The minimum Gasteiger partial charge on any atom is -0.507 e. The molecule has 1 fully saturated rings. The first-order valence-electron chi connectivity index (χ1n) is 12.5. The number of ether oxygens (including phenoxy) is 2. The van der Waals surface area contributed by atoms with Gasteiger partial charge in [-0.05, 0) is 49.2 Å². The maximum absolute atomic E-state index is 13.4. The number of methoxy groups -OCH3 is 1. The normalized spacial score (nSPS) is 16.3. The molecule has 4 aromatic rings. The fraction of sp³-hybridized carbons (Fsp3) is 0.161. The molecule has 0 spiro atoms. The summed E-state index contributed by atoms with van der Waals surface area (Å²) >= 11 is 0.958. The van der Waals surface area contributed by atoms with E-state index in [0.717, 1.165) is 22.5 Å². The van der Waals surface area contributed by atoms with Crippen LogP contribution in [0.15, 0.2) is 84.4 Å². The number of benzene rings is 3. The molecule has 9 heteroatoms. The van der Waals surface area contributed by atoms with E-state index in [0.29, 0.717) is 29.2 Å². The van der Waals surface area contributed by atoms with E-state index in [4.69, 9.17) is 9.47 Å². The number of nitrogens with zero attached hydrogens (tertiary/aromatic N) is 2. The average Bonchev–Trinajstić information content (AvgIpc) is 3.48. The molecular formula is C31H26N2O6S. The highest BCUT2D eigenvalue weighted by atomic mass is 32.1. The second-order valence-corrected chi connectivity index (χ2v) is 10.3. The van der Waals surface area contributed by atoms with Gasteiger partial charge in [-0.15, -0.1) is 0 Å². The summed E-state index contributed by atoms with van der Waals surface area (Å²) in [6.45, 7) is 3.94. The number of hydrogen-bond donors (Lipinski definition) is 1. The minimum atomic E-state index is -0.953. The van der Waals surface area contributed by atoms with E-state index >= 15 is 0 Å². The van der Waals surface area contributed by atoms with Crippen molar-refractivity contribution in [2.75, 3.05) is 12.0 Å². The molecular weight excluding hydrogens is 528 g/mol. The number of anilines is 1. The molecule has 1 unspecified atom stereocenters. The van der Waals surface area contributed by atoms with Crippen LogP contribution in [0.2, 0.25) is 0 Å². The van der Waals surface area contributed by atoms with Gasteiger partial charge < -0.3 is 14.6 Å². The standard InChI is InChI=1S/C31H26N2O6S/c1-18-9-11-21(12-10-18)25-24(27(35)29(36)33(25)31-32-19(2)28(40-31)30(37)38-3)26(34)22-13-15-23(16-14-22)39-17-20-7-5-4-6-8-20/h4-16,25,34H,17H2,1-3H3/b26-24+. The third-order valence-corrected chi connectivity index (χ3v) is 7.71. The molecule has 1 aromatic heterocycles. The largest absolute Gasteiger partial charge is 0.507 e. The monoisotopic (exact) mass is 554 g/mol. The molecule has 1 saturated heterocycles. The predicted octanol–water partition coefficient (Wildman–Crippen LogP) is 5.75. The van der Waals surface area contributed by atoms with E-state index in [1.807, 2.05) is 49.4 Å². The third kappa shape index (κ3) is 5.11. The number of aromatic nitrogens is 1. The molecule has 40 heavy (non-hydrogen) atoms. The topological polar surface area (TPSA) is 106 Å². The van der Waals surface area contributed by atoms with Crippen LogP contribution in [0.1, 0.15) is 43.7 Å². The van der Waals surface area contributed by atoms with Gasteiger partial charge >= 0.3 is 11.9 Å². The van der Waals surface area contributed by atoms with Crippen molar-refractivity contribution in [2.45, 2.75) is 26.5 Å². The van der Waals surface area contributed by atoms with Crippen LogP contribution in [0.4, 0.5) is 5.13 Å². The second-order valence-electron chi connectivity index (χ2n) is 9.28. The van der Waals surface area contributed by atoms with Gasteiger partial charge in [0, 0.05) is 5.56 Å². The number of esters is 1. The van der Waals surface area contributed by atoms with Crippen LogP contribution in [0.3, 0.4) is 0 Å². The number of Topliss-reactive ketones (excluding diaryl/α,β-unsaturated/α-hetero) is 1. The van der Waals surface area contributed by atoms with Gasteiger partial charge in [0.05, 0.1) is 24.4 Å². The van der Waals surface area contributed by atoms with Crippen molar-refractivity contribution in [2.24, 2.45) is 0 Å². The van der Waals surface area contributed by atoms with Gasteiger partial charge in [0.1, 0.15) is 23.0 Å². The number of hydrogen-bond acceptors (Lipinski definition) is 8. The zero-order chi connectivity index (χ0) is 28.4. The Morgan fingerprint density at radius 3 is 2.30 bits per heavy atom. The molecule has 202 valence electrons. The van der Waals surface area contributed by atoms with Gasteiger partial charge in [-0.2, -0.15) is 0 Å². The molecule has 8 nitrogen and oxygen atoms in total. The van der Waals surface area contributed by atoms with E-state index in [2.05, 4.69) is 4.98 Å². The van der Waals surface area contributed by atoms with Crippen LogP contribution < -0.4 is 9.64 Å². The van der Waals surface area contributed by atoms with E-state index in [9.17, 15) is 19.5 Å². The fourth-order valence-electron chi connectivity index (χ4n) is 4.47. The Hall–Kier alpha value is -4.76. The summed E-state index contributed by atoms with van der Waals surface area (Å²) in [5, 5.41) is 11.6. The number of rotatable bonds is 7. The van der Waals surface area contributed by atoms with Gasteiger partial charge in [-0.3, -0.25) is 14.5 Å². The van der Waals surface area contributed by atoms with Gasteiger partial charge in [-0.1, -0.05) is 71.5 Å². The number of ketones is 1. The summed E-state index contributed by atoms with van der Waals surface area (Å²) in [4.78, 5) is 44.9. The molecule has 3 aromatic carbocycles. The molecule has 1 atom stereocenters. The van der Waals surface area contributed by atoms with Crippen LogP contribution in [0, 0.1) is 13.8 Å². The van der Waals surface area contributed by atoms with E-state index in [-0.39, 0.29) is 21.3 Å². The molecule has 5 rings (SSSR count). The van der Waals surface area contributed by atoms with Gasteiger partial charge in [0.25, 0.3) is 5.78 Å². The Morgan fingerprint density at radius 1 is 0.975 bits per heavy atom. The fourth-order valence-corrected chi connectivity index (χ4v) is 5.48. The summed E-state index contributed by atoms with van der Waals surface area (Å²) in [5.41, 5.74) is 3.28. The molecule has 0 saturated carbocycles. The molecule has 0 bridgehead atoms. The quantitative estimate of drug-likeness (QED) is 0.134. The Kier molecular flexibility index (Phi) is 7.48. The summed E-state index contributed by atoms with van der Waals surface area (Å²) < 4.78 is 10.7. The molecule has 1 N–H and O–H groups in total. The van der Waals surface area contributed by atoms with Crippen LogP contribution in [0.5, 0.6) is 5.75 Å². The maximum Gasteiger partial charge on any atom is 0.350 e. The number of aliphatic hydroxyl groups is 1. The Labute approximate surface area is 235 Å². The smallest absolute Gasteiger partial charge is 0.350 e. The van der Waals surface area contributed by atoms with Crippen molar-refractivity contribution in [3.8, 4) is 5.75 Å². The number of carbonyl (C=O) groups excluding carboxylic acids is 3. The highest BCUT2D eigenvalue weighted by Gasteiger charge is 2.48. The Bertz CT molecular complexity index is 1610. The van der Waals surface area contributed by atoms with Crippen molar-refractivity contribution in [1.82, 2.24) is 4.98 Å². The molecule has 0 radical (unpaired) electrons. The van der Waals surface area contributed by atoms with Crippen molar-refractivity contribution in [3.05, 3.63) is 117 Å². The Morgan fingerprint density at radius 2 is 1.65 bits per heavy atom. The lowest BCUT2D eigenvalue weighted by atomic mass is 9.95. The summed E-state index contributed by atoms with van der Waals surface area (Å²) in [5.74, 6) is -2.01. The molecule has 1 amide bonds. The highest BCUT2D eigenvalue weighted by Crippen LogP contribution is 2.44. The first-order chi connectivity index (χ1) is 19.3. The average molecular weight is 555 g/mol. The van der Waals surface area contributed by atoms with Crippen LogP contribution in [-0.4, -0.2) is 34.9 Å². The molecule has 2 heterocycles. The number of amides is 1. The van der Waals surface area contributed by atoms with Crippen molar-refractivity contribution < 1.29 is 29.0 Å². The third-order valence-electron chi connectivity index (χ3n) is 6.58. The predicted molar refractivity (Wildman–Crippen MR) is 151 cm³/mol. The van der Waals surface area contributed by atoms with Gasteiger partial charge in [0.2, 0.25) is 0 Å². The minimum absolute atomic E-state index is 0.0701. The lowest BCUT2D eigenvalue weighted by molar-refractivity contribution is -0.132. The second kappa shape index (κ2) is 11.2. The summed E-state index contributed by atoms with van der Waals surface area (Å²) in [6.07, 6.45) is 0.